The highest BCUT2D eigenvalue weighted by molar-refractivity contribution is 7.47. The number of carbonyl (C=O) groups is 1. The second-order valence-electron chi connectivity index (χ2n) is 16.6. The lowest BCUT2D eigenvalue weighted by molar-refractivity contribution is -0.154. The van der Waals surface area contributed by atoms with Gasteiger partial charge in [0.05, 0.1) is 19.8 Å². The van der Waals surface area contributed by atoms with E-state index in [0.717, 1.165) is 70.6 Å². The fraction of sp³-hybridized carbons (Fsp3) is 0.755. The number of phosphoric ester groups is 1. The van der Waals surface area contributed by atoms with Crippen molar-refractivity contribution in [2.75, 3.05) is 33.0 Å². The van der Waals surface area contributed by atoms with Gasteiger partial charge in [-0.15, -0.1) is 0 Å². The van der Waals surface area contributed by atoms with Gasteiger partial charge in [-0.25, -0.2) is 4.57 Å². The van der Waals surface area contributed by atoms with Crippen LogP contribution in [0, 0.1) is 0 Å². The predicted molar refractivity (Wildman–Crippen MR) is 265 cm³/mol. The van der Waals surface area contributed by atoms with Crippen LogP contribution >= 0.6 is 7.82 Å². The van der Waals surface area contributed by atoms with E-state index >= 15 is 0 Å². The highest BCUT2D eigenvalue weighted by Gasteiger charge is 2.25. The van der Waals surface area contributed by atoms with Crippen LogP contribution in [0.15, 0.2) is 72.9 Å². The summed E-state index contributed by atoms with van der Waals surface area (Å²) < 4.78 is 33.5. The van der Waals surface area contributed by atoms with Crippen molar-refractivity contribution < 1.29 is 32.8 Å². The van der Waals surface area contributed by atoms with Crippen molar-refractivity contribution in [3.05, 3.63) is 72.9 Å². The predicted octanol–water partition coefficient (Wildman–Crippen LogP) is 15.9. The second-order valence-corrected chi connectivity index (χ2v) is 18.1. The Hall–Kier alpha value is -2.06. The minimum Gasteiger partial charge on any atom is -0.457 e. The molecular weight excluding hydrogens is 794 g/mol. The van der Waals surface area contributed by atoms with Crippen LogP contribution in [0.3, 0.4) is 0 Å². The van der Waals surface area contributed by atoms with Crippen molar-refractivity contribution >= 4 is 13.8 Å². The molecule has 0 aromatic rings. The van der Waals surface area contributed by atoms with E-state index in [1.165, 1.54) is 128 Å². The summed E-state index contributed by atoms with van der Waals surface area (Å²) in [4.78, 5) is 22.6. The van der Waals surface area contributed by atoms with E-state index in [-0.39, 0.29) is 32.3 Å². The Labute approximate surface area is 382 Å². The topological polar surface area (TPSA) is 117 Å². The summed E-state index contributed by atoms with van der Waals surface area (Å²) in [6.07, 6.45) is 63.8. The lowest BCUT2D eigenvalue weighted by atomic mass is 10.0. The highest BCUT2D eigenvalue weighted by atomic mass is 31.2. The molecule has 0 rings (SSSR count). The third-order valence-electron chi connectivity index (χ3n) is 10.6. The molecule has 0 heterocycles. The maximum atomic E-state index is 12.7. The third-order valence-corrected chi connectivity index (χ3v) is 11.6. The summed E-state index contributed by atoms with van der Waals surface area (Å²) in [5.74, 6) is -0.346. The zero-order valence-corrected chi connectivity index (χ0v) is 41.0. The summed E-state index contributed by atoms with van der Waals surface area (Å²) in [5.41, 5.74) is 5.38. The molecule has 0 aliphatic heterocycles. The number of hydrogen-bond acceptors (Lipinski definition) is 7. The molecule has 62 heavy (non-hydrogen) atoms. The minimum atomic E-state index is -4.30. The molecule has 0 aliphatic rings. The van der Waals surface area contributed by atoms with Crippen LogP contribution in [-0.2, 0) is 27.9 Å². The first-order valence-electron chi connectivity index (χ1n) is 25.4. The molecule has 0 aromatic carbocycles. The summed E-state index contributed by atoms with van der Waals surface area (Å²) in [5, 5.41) is 0. The van der Waals surface area contributed by atoms with Gasteiger partial charge in [-0.1, -0.05) is 202 Å². The van der Waals surface area contributed by atoms with Gasteiger partial charge in [0.15, 0.2) is 0 Å². The molecule has 0 saturated carbocycles. The molecule has 0 amide bonds. The van der Waals surface area contributed by atoms with Gasteiger partial charge in [0.2, 0.25) is 0 Å². The van der Waals surface area contributed by atoms with Crippen molar-refractivity contribution in [1.29, 1.82) is 0 Å². The first-order valence-corrected chi connectivity index (χ1v) is 26.9. The Morgan fingerprint density at radius 2 is 0.903 bits per heavy atom. The van der Waals surface area contributed by atoms with Crippen molar-refractivity contribution in [3.63, 3.8) is 0 Å². The monoisotopic (exact) mass is 890 g/mol. The smallest absolute Gasteiger partial charge is 0.457 e. The summed E-state index contributed by atoms with van der Waals surface area (Å²) >= 11 is 0. The molecule has 2 unspecified atom stereocenters. The normalized spacial score (nSPS) is 13.9. The quantitative estimate of drug-likeness (QED) is 0.0268. The number of rotatable bonds is 48. The molecule has 0 spiro atoms. The maximum Gasteiger partial charge on any atom is 0.472 e. The molecule has 8 nitrogen and oxygen atoms in total. The molecule has 0 radical (unpaired) electrons. The second kappa shape index (κ2) is 49.9. The van der Waals surface area contributed by atoms with Gasteiger partial charge >= 0.3 is 13.8 Å². The largest absolute Gasteiger partial charge is 0.472 e. The maximum absolute atomic E-state index is 12.7. The van der Waals surface area contributed by atoms with Crippen LogP contribution < -0.4 is 5.73 Å². The number of nitrogens with two attached hydrogens (primary N) is 1. The van der Waals surface area contributed by atoms with Crippen LogP contribution in [0.1, 0.15) is 219 Å². The zero-order chi connectivity index (χ0) is 45.1. The fourth-order valence-corrected chi connectivity index (χ4v) is 7.67. The van der Waals surface area contributed by atoms with Gasteiger partial charge in [-0.3, -0.25) is 13.8 Å². The van der Waals surface area contributed by atoms with Gasteiger partial charge in [-0.2, -0.15) is 0 Å². The van der Waals surface area contributed by atoms with Crippen LogP contribution in [-0.4, -0.2) is 49.9 Å². The number of hydrogen-bond donors (Lipinski definition) is 2. The van der Waals surface area contributed by atoms with Crippen molar-refractivity contribution in [3.8, 4) is 0 Å². The van der Waals surface area contributed by atoms with Gasteiger partial charge in [0.1, 0.15) is 6.10 Å². The molecule has 360 valence electrons. The molecule has 9 heteroatoms. The van der Waals surface area contributed by atoms with Crippen LogP contribution in [0.2, 0.25) is 0 Å². The molecule has 0 aromatic heterocycles. The molecule has 0 fully saturated rings. The van der Waals surface area contributed by atoms with Crippen LogP contribution in [0.4, 0.5) is 0 Å². The summed E-state index contributed by atoms with van der Waals surface area (Å²) in [6, 6.07) is 0. The Morgan fingerprint density at radius 3 is 1.37 bits per heavy atom. The number of esters is 1. The van der Waals surface area contributed by atoms with Crippen molar-refractivity contribution in [2.45, 2.75) is 225 Å². The lowest BCUT2D eigenvalue weighted by Crippen LogP contribution is -2.28. The first-order chi connectivity index (χ1) is 30.4. The number of carbonyl (C=O) groups excluding carboxylic acids is 1. The van der Waals surface area contributed by atoms with E-state index in [4.69, 9.17) is 24.3 Å². The van der Waals surface area contributed by atoms with E-state index in [2.05, 4.69) is 86.8 Å². The molecule has 2 atom stereocenters. The molecule has 0 bridgehead atoms. The Kier molecular flexibility index (Phi) is 48.3. The first kappa shape index (κ1) is 59.9. The average molecular weight is 890 g/mol. The Balaban J connectivity index is 3.98. The third kappa shape index (κ3) is 49.0. The molecule has 0 aliphatic carbocycles. The number of unbranched alkanes of at least 4 members (excludes halogenated alkanes) is 23. The van der Waals surface area contributed by atoms with E-state index in [1.807, 2.05) is 0 Å². The Morgan fingerprint density at radius 1 is 0.500 bits per heavy atom. The van der Waals surface area contributed by atoms with Gasteiger partial charge in [0.25, 0.3) is 0 Å². The highest BCUT2D eigenvalue weighted by Crippen LogP contribution is 2.43. The number of phosphoric acid groups is 1. The van der Waals surface area contributed by atoms with Gasteiger partial charge < -0.3 is 20.1 Å². The van der Waals surface area contributed by atoms with Crippen molar-refractivity contribution in [2.24, 2.45) is 5.73 Å². The number of allylic oxidation sites excluding steroid dienone is 12. The molecule has 3 N–H and O–H groups in total. The minimum absolute atomic E-state index is 0.0847. The van der Waals surface area contributed by atoms with Crippen LogP contribution in [0.5, 0.6) is 0 Å². The van der Waals surface area contributed by atoms with Crippen molar-refractivity contribution in [1.82, 2.24) is 0 Å². The van der Waals surface area contributed by atoms with Crippen LogP contribution in [0.25, 0.3) is 0 Å². The van der Waals surface area contributed by atoms with E-state index in [0.29, 0.717) is 13.0 Å². The van der Waals surface area contributed by atoms with E-state index < -0.39 is 13.9 Å². The standard InChI is InChI=1S/C53H96NO7P/c1-3-5-7-9-11-13-15-17-19-21-23-24-25-26-27-28-29-30-32-34-36-38-40-42-44-46-53(55)61-52(51-60-62(56,57)59-49-47-54)50-58-48-45-43-41-39-37-35-33-31-22-20-18-16-14-12-10-8-6-4-2/h6,8,12,14,18,20-21,23,31,33,37,39,52H,3-5,7,9-11,13,15-17,19,22,24-30,32,34-36,38,40-51,54H2,1-2H3,(H,56,57)/b8-6-,14-12-,20-18-,23-21-,33-31-,39-37-. The van der Waals surface area contributed by atoms with Gasteiger partial charge in [0, 0.05) is 19.6 Å². The summed E-state index contributed by atoms with van der Waals surface area (Å²) in [7, 11) is -4.30. The SMILES string of the molecule is CC/C=C\C/C=C\C/C=C\C/C=C\C/C=C\CCCCOCC(COP(=O)(O)OCCN)OC(=O)CCCCCCCCCCCCCCC/C=C\CCCCCCCCCC. The average Bonchev–Trinajstić information content (AvgIpc) is 3.26. The van der Waals surface area contributed by atoms with Gasteiger partial charge in [-0.05, 0) is 83.5 Å². The molecular formula is C53H96NO7P. The number of ether oxygens (including phenoxy) is 2. The zero-order valence-electron chi connectivity index (χ0n) is 40.1. The summed E-state index contributed by atoms with van der Waals surface area (Å²) in [6.45, 7) is 4.71. The molecule has 0 saturated heterocycles. The van der Waals surface area contributed by atoms with E-state index in [1.54, 1.807) is 0 Å². The Bertz CT molecular complexity index is 1180. The fourth-order valence-electron chi connectivity index (χ4n) is 6.90. The van der Waals surface area contributed by atoms with E-state index in [9.17, 15) is 14.3 Å². The lowest BCUT2D eigenvalue weighted by Gasteiger charge is -2.20.